The second kappa shape index (κ2) is 6.59. The van der Waals surface area contributed by atoms with E-state index in [9.17, 15) is 5.11 Å². The van der Waals surface area contributed by atoms with Crippen molar-refractivity contribution in [3.05, 3.63) is 29.8 Å². The average Bonchev–Trinajstić information content (AvgIpc) is 2.35. The Kier molecular flexibility index (Phi) is 5.60. The van der Waals surface area contributed by atoms with E-state index in [1.165, 1.54) is 5.56 Å². The monoisotopic (exact) mass is 279 g/mol. The highest BCUT2D eigenvalue weighted by atomic mass is 16.5. The molecule has 1 rings (SSSR count). The fourth-order valence-corrected chi connectivity index (χ4v) is 2.12. The van der Waals surface area contributed by atoms with Gasteiger partial charge in [-0.15, -0.1) is 0 Å². The molecule has 0 bridgehead atoms. The number of ether oxygens (including phenoxy) is 1. The predicted molar refractivity (Wildman–Crippen MR) is 84.4 cm³/mol. The van der Waals surface area contributed by atoms with E-state index >= 15 is 0 Å². The van der Waals surface area contributed by atoms with E-state index in [1.807, 2.05) is 19.1 Å². The first kappa shape index (κ1) is 17.0. The summed E-state index contributed by atoms with van der Waals surface area (Å²) in [5.74, 6) is 0.836. The lowest BCUT2D eigenvalue weighted by atomic mass is 9.87. The van der Waals surface area contributed by atoms with E-state index in [2.05, 4.69) is 52.1 Å². The van der Waals surface area contributed by atoms with Crippen LogP contribution in [0, 0.1) is 0 Å². The summed E-state index contributed by atoms with van der Waals surface area (Å²) in [6, 6.07) is 8.49. The summed E-state index contributed by atoms with van der Waals surface area (Å²) < 4.78 is 5.81. The molecule has 2 N–H and O–H groups in total. The lowest BCUT2D eigenvalue weighted by molar-refractivity contribution is 0.109. The predicted octanol–water partition coefficient (Wildman–Crippen LogP) is 3.11. The molecular formula is C17H29NO2. The van der Waals surface area contributed by atoms with Crippen LogP contribution in [0.4, 0.5) is 0 Å². The number of aliphatic hydroxyl groups is 1. The van der Waals surface area contributed by atoms with Crippen LogP contribution in [0.15, 0.2) is 24.3 Å². The maximum absolute atomic E-state index is 9.52. The molecule has 0 spiro atoms. The van der Waals surface area contributed by atoms with Crippen LogP contribution in [-0.4, -0.2) is 29.9 Å². The van der Waals surface area contributed by atoms with Crippen molar-refractivity contribution in [1.29, 1.82) is 0 Å². The largest absolute Gasteiger partial charge is 0.492 e. The van der Waals surface area contributed by atoms with Crippen molar-refractivity contribution < 1.29 is 9.84 Å². The maximum Gasteiger partial charge on any atom is 0.119 e. The molecule has 1 aromatic rings. The molecule has 3 heteroatoms. The molecule has 0 heterocycles. The van der Waals surface area contributed by atoms with Crippen LogP contribution < -0.4 is 10.1 Å². The first-order chi connectivity index (χ1) is 9.16. The normalized spacial score (nSPS) is 15.2. The van der Waals surface area contributed by atoms with Gasteiger partial charge in [-0.3, -0.25) is 0 Å². The molecule has 20 heavy (non-hydrogen) atoms. The number of benzene rings is 1. The van der Waals surface area contributed by atoms with E-state index in [-0.39, 0.29) is 12.0 Å². The minimum Gasteiger partial charge on any atom is -0.492 e. The van der Waals surface area contributed by atoms with Gasteiger partial charge in [0.25, 0.3) is 0 Å². The third-order valence-electron chi connectivity index (χ3n) is 3.26. The van der Waals surface area contributed by atoms with E-state index in [0.29, 0.717) is 12.6 Å². The van der Waals surface area contributed by atoms with E-state index < -0.39 is 5.54 Å². The Balaban J connectivity index is 2.65. The highest BCUT2D eigenvalue weighted by molar-refractivity contribution is 5.31. The molecule has 1 atom stereocenters. The lowest BCUT2D eigenvalue weighted by Crippen LogP contribution is -2.53. The molecule has 3 nitrogen and oxygen atoms in total. The van der Waals surface area contributed by atoms with Crippen molar-refractivity contribution in [2.24, 2.45) is 0 Å². The highest BCUT2D eigenvalue weighted by Crippen LogP contribution is 2.24. The highest BCUT2D eigenvalue weighted by Gasteiger charge is 2.25. The van der Waals surface area contributed by atoms with Crippen LogP contribution in [0.3, 0.4) is 0 Å². The summed E-state index contributed by atoms with van der Waals surface area (Å²) in [7, 11) is 0. The van der Waals surface area contributed by atoms with Gasteiger partial charge in [-0.1, -0.05) is 46.8 Å². The molecular weight excluding hydrogens is 250 g/mol. The van der Waals surface area contributed by atoms with Crippen LogP contribution >= 0.6 is 0 Å². The molecule has 0 amide bonds. The lowest BCUT2D eigenvalue weighted by Gasteiger charge is -2.31. The summed E-state index contributed by atoms with van der Waals surface area (Å²) in [6.45, 7) is 13.2. The third-order valence-corrected chi connectivity index (χ3v) is 3.26. The molecule has 0 radical (unpaired) electrons. The molecule has 0 aliphatic rings. The van der Waals surface area contributed by atoms with E-state index in [1.54, 1.807) is 0 Å². The number of nitrogens with one attached hydrogen (secondary N) is 1. The molecule has 114 valence electrons. The maximum atomic E-state index is 9.52. The smallest absolute Gasteiger partial charge is 0.119 e. The van der Waals surface area contributed by atoms with Gasteiger partial charge in [-0.05, 0) is 30.0 Å². The van der Waals surface area contributed by atoms with Gasteiger partial charge in [0.2, 0.25) is 0 Å². The first-order valence-corrected chi connectivity index (χ1v) is 7.28. The van der Waals surface area contributed by atoms with Crippen molar-refractivity contribution in [3.63, 3.8) is 0 Å². The fraction of sp³-hybridized carbons (Fsp3) is 0.647. The number of aliphatic hydroxyl groups excluding tert-OH is 1. The van der Waals surface area contributed by atoms with Gasteiger partial charge >= 0.3 is 0 Å². The van der Waals surface area contributed by atoms with Gasteiger partial charge in [0, 0.05) is 6.04 Å². The van der Waals surface area contributed by atoms with Crippen LogP contribution in [0.1, 0.15) is 47.1 Å². The molecule has 0 saturated carbocycles. The summed E-state index contributed by atoms with van der Waals surface area (Å²) in [4.78, 5) is 0. The molecule has 0 aliphatic carbocycles. The zero-order valence-electron chi connectivity index (χ0n) is 13.7. The summed E-state index contributed by atoms with van der Waals surface area (Å²) in [5, 5.41) is 12.9. The second-order valence-corrected chi connectivity index (χ2v) is 7.08. The van der Waals surface area contributed by atoms with E-state index in [0.717, 1.165) is 5.75 Å². The van der Waals surface area contributed by atoms with Crippen molar-refractivity contribution >= 4 is 0 Å². The van der Waals surface area contributed by atoms with Crippen molar-refractivity contribution in [1.82, 2.24) is 5.32 Å². The fourth-order valence-electron chi connectivity index (χ4n) is 2.12. The number of hydrogen-bond donors (Lipinski definition) is 2. The van der Waals surface area contributed by atoms with Crippen molar-refractivity contribution in [2.45, 2.75) is 58.5 Å². The molecule has 1 unspecified atom stereocenters. The summed E-state index contributed by atoms with van der Waals surface area (Å²) in [6.07, 6.45) is 0. The minimum absolute atomic E-state index is 0.0469. The van der Waals surface area contributed by atoms with Crippen molar-refractivity contribution in [2.75, 3.05) is 13.2 Å². The standard InChI is InChI=1S/C17H29NO2/c1-13(2)18-17(6,11-19)12-20-15-9-7-14(8-10-15)16(3,4)5/h7-10,13,18-19H,11-12H2,1-6H3. The number of hydrogen-bond acceptors (Lipinski definition) is 3. The van der Waals surface area contributed by atoms with Crippen molar-refractivity contribution in [3.8, 4) is 5.75 Å². The third kappa shape index (κ3) is 5.14. The van der Waals surface area contributed by atoms with Gasteiger partial charge in [-0.25, -0.2) is 0 Å². The zero-order chi connectivity index (χ0) is 15.4. The topological polar surface area (TPSA) is 41.5 Å². The Bertz CT molecular complexity index is 406. The van der Waals surface area contributed by atoms with Crippen LogP contribution in [0.5, 0.6) is 5.75 Å². The first-order valence-electron chi connectivity index (χ1n) is 7.28. The van der Waals surface area contributed by atoms with Gasteiger partial charge in [-0.2, -0.15) is 0 Å². The minimum atomic E-state index is -0.420. The second-order valence-electron chi connectivity index (χ2n) is 7.08. The van der Waals surface area contributed by atoms with Gasteiger partial charge in [0.15, 0.2) is 0 Å². The molecule has 0 aromatic heterocycles. The SMILES string of the molecule is CC(C)NC(C)(CO)COc1ccc(C(C)(C)C)cc1. The Labute approximate surface area is 123 Å². The Morgan fingerprint density at radius 1 is 1.10 bits per heavy atom. The van der Waals surface area contributed by atoms with Crippen LogP contribution in [0.25, 0.3) is 0 Å². The molecule has 0 fully saturated rings. The van der Waals surface area contributed by atoms with Crippen LogP contribution in [-0.2, 0) is 5.41 Å². The molecule has 0 saturated heterocycles. The van der Waals surface area contributed by atoms with Gasteiger partial charge < -0.3 is 15.2 Å². The van der Waals surface area contributed by atoms with Crippen LogP contribution in [0.2, 0.25) is 0 Å². The number of rotatable bonds is 6. The Morgan fingerprint density at radius 2 is 1.65 bits per heavy atom. The quantitative estimate of drug-likeness (QED) is 0.840. The Hall–Kier alpha value is -1.06. The zero-order valence-corrected chi connectivity index (χ0v) is 13.7. The summed E-state index contributed by atoms with van der Waals surface area (Å²) in [5.41, 5.74) is 1.02. The molecule has 0 aliphatic heterocycles. The molecule has 1 aromatic carbocycles. The summed E-state index contributed by atoms with van der Waals surface area (Å²) >= 11 is 0. The average molecular weight is 279 g/mol. The van der Waals surface area contributed by atoms with Gasteiger partial charge in [0.05, 0.1) is 12.1 Å². The Morgan fingerprint density at radius 3 is 2.05 bits per heavy atom. The van der Waals surface area contributed by atoms with E-state index in [4.69, 9.17) is 4.74 Å². The van der Waals surface area contributed by atoms with Gasteiger partial charge in [0.1, 0.15) is 12.4 Å².